The molecule has 2 heterocycles. The number of hydrogen-bond acceptors (Lipinski definition) is 6. The maximum Gasteiger partial charge on any atom is 0.339 e. The molecule has 5 rings (SSSR count). The third-order valence-corrected chi connectivity index (χ3v) is 6.28. The van der Waals surface area contributed by atoms with E-state index >= 15 is 0 Å². The number of anilines is 1. The van der Waals surface area contributed by atoms with Crippen molar-refractivity contribution in [1.29, 1.82) is 0 Å². The van der Waals surface area contributed by atoms with Crippen LogP contribution < -0.4 is 5.32 Å². The summed E-state index contributed by atoms with van der Waals surface area (Å²) in [6, 6.07) is 22.6. The first-order chi connectivity index (χ1) is 17.0. The van der Waals surface area contributed by atoms with Gasteiger partial charge in [-0.3, -0.25) is 10.1 Å². The molecule has 0 fully saturated rings. The van der Waals surface area contributed by atoms with Crippen LogP contribution >= 0.6 is 11.3 Å². The van der Waals surface area contributed by atoms with Crippen molar-refractivity contribution in [3.8, 4) is 22.6 Å². The minimum Gasteiger partial charge on any atom is -0.449 e. The summed E-state index contributed by atoms with van der Waals surface area (Å²) < 4.78 is 5.50. The fourth-order valence-corrected chi connectivity index (χ4v) is 4.34. The van der Waals surface area contributed by atoms with Gasteiger partial charge in [-0.1, -0.05) is 60.2 Å². The van der Waals surface area contributed by atoms with Crippen molar-refractivity contribution in [3.05, 3.63) is 89.3 Å². The van der Waals surface area contributed by atoms with Crippen LogP contribution in [0.2, 0.25) is 0 Å². The van der Waals surface area contributed by atoms with Crippen molar-refractivity contribution in [1.82, 2.24) is 15.0 Å². The molecule has 1 atom stereocenters. The van der Waals surface area contributed by atoms with Crippen LogP contribution in [0, 0.1) is 6.92 Å². The minimum atomic E-state index is -1.02. The number of aromatic nitrogens is 3. The largest absolute Gasteiger partial charge is 0.449 e. The molecule has 0 aliphatic heterocycles. The van der Waals surface area contributed by atoms with Gasteiger partial charge in [0.15, 0.2) is 11.2 Å². The van der Waals surface area contributed by atoms with Crippen molar-refractivity contribution in [2.45, 2.75) is 20.0 Å². The van der Waals surface area contributed by atoms with E-state index in [9.17, 15) is 9.59 Å². The number of H-pyrrole nitrogens is 1. The molecule has 8 heteroatoms. The van der Waals surface area contributed by atoms with Gasteiger partial charge in [0.1, 0.15) is 5.82 Å². The number of para-hydroxylation sites is 2. The molecule has 0 aliphatic rings. The molecule has 0 radical (unpaired) electrons. The number of benzene rings is 3. The summed E-state index contributed by atoms with van der Waals surface area (Å²) in [4.78, 5) is 38.0. The van der Waals surface area contributed by atoms with Gasteiger partial charge in [-0.25, -0.2) is 14.8 Å². The van der Waals surface area contributed by atoms with Crippen LogP contribution in [-0.2, 0) is 9.53 Å². The van der Waals surface area contributed by atoms with Crippen LogP contribution in [0.4, 0.5) is 5.13 Å². The number of imidazole rings is 1. The number of ether oxygens (including phenoxy) is 1. The van der Waals surface area contributed by atoms with Crippen LogP contribution in [0.25, 0.3) is 33.7 Å². The number of esters is 1. The first kappa shape index (κ1) is 22.5. The standard InChI is InChI=1S/C27H22N4O3S/c1-16-11-13-18(14-12-16)23-15-35-27(30-23)31-25(32)17(2)34-26(33)20-8-4-3-7-19(20)24-28-21-9-5-6-10-22(21)29-24/h3-15,17H,1-2H3,(H,28,29)(H,30,31,32). The van der Waals surface area contributed by atoms with Gasteiger partial charge >= 0.3 is 5.97 Å². The summed E-state index contributed by atoms with van der Waals surface area (Å²) in [5.74, 6) is -0.505. The molecular formula is C27H22N4O3S. The summed E-state index contributed by atoms with van der Waals surface area (Å²) in [6.45, 7) is 3.56. The van der Waals surface area contributed by atoms with Gasteiger partial charge < -0.3 is 9.72 Å². The number of hydrogen-bond donors (Lipinski definition) is 2. The summed E-state index contributed by atoms with van der Waals surface area (Å²) in [6.07, 6.45) is -1.02. The van der Waals surface area contributed by atoms with E-state index in [1.807, 2.05) is 66.9 Å². The number of amides is 1. The van der Waals surface area contributed by atoms with E-state index in [2.05, 4.69) is 20.3 Å². The lowest BCUT2D eigenvalue weighted by molar-refractivity contribution is -0.123. The fourth-order valence-electron chi connectivity index (χ4n) is 3.62. The van der Waals surface area contributed by atoms with Crippen LogP contribution in [0.15, 0.2) is 78.2 Å². The Hall–Kier alpha value is -4.30. The monoisotopic (exact) mass is 482 g/mol. The summed E-state index contributed by atoms with van der Waals surface area (Å²) in [5, 5.41) is 5.05. The molecule has 0 saturated heterocycles. The molecule has 35 heavy (non-hydrogen) atoms. The zero-order valence-electron chi connectivity index (χ0n) is 19.1. The molecule has 2 aromatic heterocycles. The Labute approximate surface area is 205 Å². The van der Waals surface area contributed by atoms with E-state index < -0.39 is 18.0 Å². The van der Waals surface area contributed by atoms with Crippen molar-refractivity contribution in [2.75, 3.05) is 5.32 Å². The van der Waals surface area contributed by atoms with E-state index in [0.29, 0.717) is 22.1 Å². The Kier molecular flexibility index (Phi) is 6.12. The quantitative estimate of drug-likeness (QED) is 0.296. The maximum atomic E-state index is 13.0. The normalized spacial score (nSPS) is 11.8. The van der Waals surface area contributed by atoms with Gasteiger partial charge in [0.05, 0.1) is 22.3 Å². The Bertz CT molecular complexity index is 1490. The fraction of sp³-hybridized carbons (Fsp3) is 0.111. The third kappa shape index (κ3) is 4.83. The molecule has 0 bridgehead atoms. The number of carbonyl (C=O) groups is 2. The molecular weight excluding hydrogens is 460 g/mol. The van der Waals surface area contributed by atoms with Gasteiger partial charge in [0.2, 0.25) is 0 Å². The Morgan fingerprint density at radius 1 is 0.971 bits per heavy atom. The molecule has 3 aromatic carbocycles. The highest BCUT2D eigenvalue weighted by molar-refractivity contribution is 7.14. The van der Waals surface area contributed by atoms with E-state index in [0.717, 1.165) is 27.9 Å². The number of nitrogens with zero attached hydrogens (tertiary/aromatic N) is 2. The zero-order chi connectivity index (χ0) is 24.4. The number of thiazole rings is 1. The van der Waals surface area contributed by atoms with Crippen molar-refractivity contribution in [2.24, 2.45) is 0 Å². The molecule has 0 saturated carbocycles. The third-order valence-electron chi connectivity index (χ3n) is 5.53. The lowest BCUT2D eigenvalue weighted by Gasteiger charge is -2.13. The second kappa shape index (κ2) is 9.52. The van der Waals surface area contributed by atoms with Crippen molar-refractivity contribution >= 4 is 39.4 Å². The Morgan fingerprint density at radius 3 is 2.51 bits per heavy atom. The van der Waals surface area contributed by atoms with Gasteiger partial charge in [-0.2, -0.15) is 0 Å². The van der Waals surface area contributed by atoms with Crippen molar-refractivity contribution in [3.63, 3.8) is 0 Å². The molecule has 7 nitrogen and oxygen atoms in total. The Balaban J connectivity index is 1.28. The lowest BCUT2D eigenvalue weighted by Crippen LogP contribution is -2.30. The van der Waals surface area contributed by atoms with Gasteiger partial charge in [0, 0.05) is 16.5 Å². The van der Waals surface area contributed by atoms with Crippen LogP contribution in [0.1, 0.15) is 22.8 Å². The summed E-state index contributed by atoms with van der Waals surface area (Å²) in [5.41, 5.74) is 5.49. The smallest absolute Gasteiger partial charge is 0.339 e. The predicted octanol–water partition coefficient (Wildman–Crippen LogP) is 5.85. The lowest BCUT2D eigenvalue weighted by atomic mass is 10.1. The number of aromatic amines is 1. The van der Waals surface area contributed by atoms with Gasteiger partial charge in [-0.15, -0.1) is 11.3 Å². The molecule has 5 aromatic rings. The van der Waals surface area contributed by atoms with Crippen molar-refractivity contribution < 1.29 is 14.3 Å². The first-order valence-corrected chi connectivity index (χ1v) is 11.9. The van der Waals surface area contributed by atoms with Gasteiger partial charge in [-0.05, 0) is 32.0 Å². The highest BCUT2D eigenvalue weighted by Crippen LogP contribution is 2.27. The van der Waals surface area contributed by atoms with E-state index in [1.165, 1.54) is 18.3 Å². The minimum absolute atomic E-state index is 0.321. The molecule has 0 aliphatic carbocycles. The molecule has 0 spiro atoms. The van der Waals surface area contributed by atoms with Crippen LogP contribution in [0.3, 0.4) is 0 Å². The molecule has 1 unspecified atom stereocenters. The van der Waals surface area contributed by atoms with E-state index in [4.69, 9.17) is 4.74 Å². The summed E-state index contributed by atoms with van der Waals surface area (Å²) >= 11 is 1.32. The predicted molar refractivity (Wildman–Crippen MR) is 137 cm³/mol. The van der Waals surface area contributed by atoms with Crippen LogP contribution in [0.5, 0.6) is 0 Å². The number of aryl methyl sites for hydroxylation is 1. The zero-order valence-corrected chi connectivity index (χ0v) is 19.9. The molecule has 2 N–H and O–H groups in total. The summed E-state index contributed by atoms with van der Waals surface area (Å²) in [7, 11) is 0. The highest BCUT2D eigenvalue weighted by Gasteiger charge is 2.23. The van der Waals surface area contributed by atoms with E-state index in [1.54, 1.807) is 18.2 Å². The molecule has 174 valence electrons. The second-order valence-electron chi connectivity index (χ2n) is 8.09. The average molecular weight is 483 g/mol. The topological polar surface area (TPSA) is 97.0 Å². The highest BCUT2D eigenvalue weighted by atomic mass is 32.1. The SMILES string of the molecule is Cc1ccc(-c2csc(NC(=O)C(C)OC(=O)c3ccccc3-c3nc4ccccc4[nH]3)n2)cc1. The molecule has 1 amide bonds. The maximum absolute atomic E-state index is 13.0. The van der Waals surface area contributed by atoms with E-state index in [-0.39, 0.29) is 0 Å². The Morgan fingerprint density at radius 2 is 1.71 bits per heavy atom. The number of carbonyl (C=O) groups excluding carboxylic acids is 2. The van der Waals surface area contributed by atoms with Crippen LogP contribution in [-0.4, -0.2) is 32.9 Å². The van der Waals surface area contributed by atoms with Gasteiger partial charge in [0.25, 0.3) is 5.91 Å². The number of fused-ring (bicyclic) bond motifs is 1. The first-order valence-electron chi connectivity index (χ1n) is 11.1. The second-order valence-corrected chi connectivity index (χ2v) is 8.95. The number of rotatable bonds is 6. The number of nitrogens with one attached hydrogen (secondary N) is 2. The average Bonchev–Trinajstić information content (AvgIpc) is 3.51.